The van der Waals surface area contributed by atoms with E-state index in [-0.39, 0.29) is 27.5 Å². The number of hydrogen-bond donors (Lipinski definition) is 2. The molecule has 1 aliphatic heterocycles. The summed E-state index contributed by atoms with van der Waals surface area (Å²) in [6, 6.07) is 7.38. The van der Waals surface area contributed by atoms with Crippen molar-refractivity contribution in [1.29, 1.82) is 0 Å². The minimum absolute atomic E-state index is 0.00561. The fraction of sp³-hybridized carbons (Fsp3) is 0.462. The first kappa shape index (κ1) is 27.7. The average molecular weight is 581 g/mol. The van der Waals surface area contributed by atoms with Crippen LogP contribution in [-0.4, -0.2) is 68.8 Å². The molecule has 3 heterocycles. The minimum atomic E-state index is -4.72. The van der Waals surface area contributed by atoms with Crippen LogP contribution in [0.5, 0.6) is 0 Å². The summed E-state index contributed by atoms with van der Waals surface area (Å²) >= 11 is 0.961. The maximum Gasteiger partial charge on any atom is 0.420 e. The summed E-state index contributed by atoms with van der Waals surface area (Å²) in [7, 11) is -1.57. The van der Waals surface area contributed by atoms with Gasteiger partial charge in [-0.2, -0.15) is 13.2 Å². The number of anilines is 4. The Labute approximate surface area is 230 Å². The predicted molar refractivity (Wildman–Crippen MR) is 149 cm³/mol. The Morgan fingerprint density at radius 2 is 1.85 bits per heavy atom. The lowest BCUT2D eigenvalue weighted by Crippen LogP contribution is -2.44. The van der Waals surface area contributed by atoms with E-state index in [0.717, 1.165) is 74.1 Å². The van der Waals surface area contributed by atoms with Gasteiger partial charge >= 0.3 is 6.18 Å². The van der Waals surface area contributed by atoms with Crippen molar-refractivity contribution in [2.75, 3.05) is 55.0 Å². The molecule has 1 saturated carbocycles. The predicted octanol–water partition coefficient (Wildman–Crippen LogP) is 5.26. The molecule has 39 heavy (non-hydrogen) atoms. The number of rotatable bonds is 8. The van der Waals surface area contributed by atoms with Crippen molar-refractivity contribution < 1.29 is 21.6 Å². The monoisotopic (exact) mass is 580 g/mol. The van der Waals surface area contributed by atoms with E-state index in [1.807, 2.05) is 19.1 Å². The molecular formula is C26H31F3N6O2S2. The molecule has 5 rings (SSSR count). The van der Waals surface area contributed by atoms with Crippen LogP contribution in [0.3, 0.4) is 0 Å². The zero-order valence-corrected chi connectivity index (χ0v) is 23.6. The van der Waals surface area contributed by atoms with Crippen LogP contribution in [0.1, 0.15) is 30.9 Å². The maximum absolute atomic E-state index is 14.0. The fourth-order valence-corrected chi connectivity index (χ4v) is 6.91. The van der Waals surface area contributed by atoms with Crippen LogP contribution in [0, 0.1) is 0 Å². The number of thiophene rings is 1. The normalized spacial score (nSPS) is 16.9. The quantitative estimate of drug-likeness (QED) is 0.373. The highest BCUT2D eigenvalue weighted by Gasteiger charge is 2.37. The largest absolute Gasteiger partial charge is 0.420 e. The lowest BCUT2D eigenvalue weighted by Gasteiger charge is -2.34. The van der Waals surface area contributed by atoms with E-state index < -0.39 is 21.6 Å². The second-order valence-electron chi connectivity index (χ2n) is 10.1. The van der Waals surface area contributed by atoms with Gasteiger partial charge in [0, 0.05) is 56.0 Å². The van der Waals surface area contributed by atoms with Gasteiger partial charge in [0.1, 0.15) is 15.5 Å². The highest BCUT2D eigenvalue weighted by atomic mass is 32.2. The van der Waals surface area contributed by atoms with Gasteiger partial charge in [-0.15, -0.1) is 11.3 Å². The number of alkyl halides is 3. The van der Waals surface area contributed by atoms with Gasteiger partial charge in [-0.3, -0.25) is 0 Å². The van der Waals surface area contributed by atoms with Crippen molar-refractivity contribution >= 4 is 43.5 Å². The van der Waals surface area contributed by atoms with E-state index in [1.165, 1.54) is 6.07 Å². The molecule has 0 amide bonds. The number of nitrogens with zero attached hydrogens (tertiary/aromatic N) is 4. The van der Waals surface area contributed by atoms with Crippen LogP contribution in [0.2, 0.25) is 0 Å². The van der Waals surface area contributed by atoms with Crippen LogP contribution >= 0.6 is 11.3 Å². The van der Waals surface area contributed by atoms with Crippen LogP contribution in [0.25, 0.3) is 10.6 Å². The summed E-state index contributed by atoms with van der Waals surface area (Å²) < 4.78 is 66.8. The van der Waals surface area contributed by atoms with E-state index in [0.29, 0.717) is 17.1 Å². The second kappa shape index (κ2) is 10.6. The Morgan fingerprint density at radius 3 is 2.46 bits per heavy atom. The molecule has 1 aliphatic carbocycles. The van der Waals surface area contributed by atoms with Gasteiger partial charge in [-0.1, -0.05) is 6.92 Å². The molecule has 0 unspecified atom stereocenters. The SMILES string of the molecule is CCc1cc(N2CCN(C)CC2)ccc1Nc1ncc(C(F)(F)F)c(-c2cc(S(C)(=O)=O)c(NC3CC3)s2)n1. The third kappa shape index (κ3) is 6.30. The Hall–Kier alpha value is -2.90. The van der Waals surface area contributed by atoms with Gasteiger partial charge < -0.3 is 20.4 Å². The van der Waals surface area contributed by atoms with Crippen LogP contribution in [0.4, 0.5) is 35.5 Å². The Kier molecular flexibility index (Phi) is 7.51. The zero-order chi connectivity index (χ0) is 27.9. The van der Waals surface area contributed by atoms with E-state index in [2.05, 4.69) is 43.5 Å². The van der Waals surface area contributed by atoms with Gasteiger partial charge in [-0.25, -0.2) is 18.4 Å². The number of aryl methyl sites for hydroxylation is 1. The molecule has 0 spiro atoms. The number of sulfone groups is 1. The second-order valence-corrected chi connectivity index (χ2v) is 13.1. The van der Waals surface area contributed by atoms with Crippen molar-refractivity contribution in [3.63, 3.8) is 0 Å². The number of nitrogens with one attached hydrogen (secondary N) is 2. The molecular weight excluding hydrogens is 549 g/mol. The Balaban J connectivity index is 1.49. The van der Waals surface area contributed by atoms with Gasteiger partial charge in [-0.05, 0) is 56.1 Å². The third-order valence-electron chi connectivity index (χ3n) is 6.92. The van der Waals surface area contributed by atoms with E-state index in [9.17, 15) is 21.6 Å². The molecule has 13 heteroatoms. The molecule has 1 saturated heterocycles. The smallest absolute Gasteiger partial charge is 0.373 e. The van der Waals surface area contributed by atoms with Gasteiger partial charge in [0.05, 0.1) is 10.6 Å². The maximum atomic E-state index is 14.0. The molecule has 0 bridgehead atoms. The summed E-state index contributed by atoms with van der Waals surface area (Å²) in [5.74, 6) is 0.00561. The highest BCUT2D eigenvalue weighted by molar-refractivity contribution is 7.91. The first-order chi connectivity index (χ1) is 18.4. The summed E-state index contributed by atoms with van der Waals surface area (Å²) in [6.45, 7) is 5.81. The molecule has 0 radical (unpaired) electrons. The van der Waals surface area contributed by atoms with E-state index >= 15 is 0 Å². The average Bonchev–Trinajstić information content (AvgIpc) is 3.58. The van der Waals surface area contributed by atoms with Crippen molar-refractivity contribution in [3.05, 3.63) is 41.6 Å². The molecule has 3 aromatic rings. The summed E-state index contributed by atoms with van der Waals surface area (Å²) in [5.41, 5.74) is 1.42. The van der Waals surface area contributed by atoms with Crippen molar-refractivity contribution in [2.45, 2.75) is 43.3 Å². The number of hydrogen-bond acceptors (Lipinski definition) is 9. The lowest BCUT2D eigenvalue weighted by molar-refractivity contribution is -0.137. The molecule has 0 atom stereocenters. The van der Waals surface area contributed by atoms with Crippen LogP contribution in [0.15, 0.2) is 35.4 Å². The van der Waals surface area contributed by atoms with Crippen LogP contribution in [-0.2, 0) is 22.4 Å². The van der Waals surface area contributed by atoms with Crippen molar-refractivity contribution in [1.82, 2.24) is 14.9 Å². The topological polar surface area (TPSA) is 90.5 Å². The van der Waals surface area contributed by atoms with Gasteiger partial charge in [0.15, 0.2) is 9.84 Å². The summed E-state index contributed by atoms with van der Waals surface area (Å²) in [6.07, 6.45) is -0.435. The van der Waals surface area contributed by atoms with E-state index in [1.54, 1.807) is 0 Å². The fourth-order valence-electron chi connectivity index (χ4n) is 4.49. The zero-order valence-electron chi connectivity index (χ0n) is 22.0. The first-order valence-corrected chi connectivity index (χ1v) is 15.5. The molecule has 2 aromatic heterocycles. The van der Waals surface area contributed by atoms with Crippen molar-refractivity contribution in [3.8, 4) is 10.6 Å². The number of halogens is 3. The molecule has 210 valence electrons. The lowest BCUT2D eigenvalue weighted by atomic mass is 10.1. The number of aromatic nitrogens is 2. The number of piperazine rings is 1. The van der Waals surface area contributed by atoms with E-state index in [4.69, 9.17) is 0 Å². The Bertz CT molecular complexity index is 1460. The molecule has 8 nitrogen and oxygen atoms in total. The Morgan fingerprint density at radius 1 is 1.13 bits per heavy atom. The third-order valence-corrected chi connectivity index (χ3v) is 9.25. The minimum Gasteiger partial charge on any atom is -0.373 e. The van der Waals surface area contributed by atoms with Crippen LogP contribution < -0.4 is 15.5 Å². The molecule has 1 aromatic carbocycles. The van der Waals surface area contributed by atoms with Gasteiger partial charge in [0.2, 0.25) is 5.95 Å². The molecule has 2 fully saturated rings. The van der Waals surface area contributed by atoms with Crippen molar-refractivity contribution in [2.24, 2.45) is 0 Å². The van der Waals surface area contributed by atoms with Gasteiger partial charge in [0.25, 0.3) is 0 Å². The molecule has 2 N–H and O–H groups in total. The molecule has 2 aliphatic rings. The summed E-state index contributed by atoms with van der Waals surface area (Å²) in [5, 5.41) is 6.57. The number of benzene rings is 1. The number of likely N-dealkylation sites (N-methyl/N-ethyl adjacent to an activating group) is 1. The first-order valence-electron chi connectivity index (χ1n) is 12.8. The summed E-state index contributed by atoms with van der Waals surface area (Å²) in [4.78, 5) is 12.9. The standard InChI is InChI=1S/C26H31F3N6O2S2/c1-4-16-13-18(35-11-9-34(2)10-12-35)7-8-20(16)32-25-30-15-19(26(27,28)29)23(33-25)21-14-22(39(3,36)37)24(38-21)31-17-5-6-17/h7-8,13-15,17,31H,4-6,9-12H2,1-3H3,(H,30,32,33). The highest BCUT2D eigenvalue weighted by Crippen LogP contribution is 2.44.